The smallest absolute Gasteiger partial charge is 0.143 e. The van der Waals surface area contributed by atoms with Crippen LogP contribution in [0.2, 0.25) is 0 Å². The molecule has 3 nitrogen and oxygen atoms in total. The molecule has 2 N–H and O–H groups in total. The summed E-state index contributed by atoms with van der Waals surface area (Å²) < 4.78 is 6.52. The van der Waals surface area contributed by atoms with Gasteiger partial charge in [0.1, 0.15) is 11.9 Å². The van der Waals surface area contributed by atoms with Gasteiger partial charge in [-0.1, -0.05) is 15.9 Å². The lowest BCUT2D eigenvalue weighted by atomic mass is 10.2. The fraction of sp³-hybridized carbons (Fsp3) is 0.333. The van der Waals surface area contributed by atoms with E-state index in [4.69, 9.17) is 9.84 Å². The number of halogens is 2. The molecular formula is C9H11BrClNO2. The zero-order valence-electron chi connectivity index (χ0n) is 7.37. The van der Waals surface area contributed by atoms with Crippen LogP contribution in [0.5, 0.6) is 5.75 Å². The number of nitrogens with one attached hydrogen (secondary N) is 1. The Morgan fingerprint density at radius 2 is 2.36 bits per heavy atom. The zero-order chi connectivity index (χ0) is 9.26. The van der Waals surface area contributed by atoms with Gasteiger partial charge in [0.05, 0.1) is 18.8 Å². The first kappa shape index (κ1) is 11.6. The third-order valence-electron chi connectivity index (χ3n) is 1.96. The quantitative estimate of drug-likeness (QED) is 0.827. The van der Waals surface area contributed by atoms with Gasteiger partial charge in [0, 0.05) is 4.47 Å². The topological polar surface area (TPSA) is 41.5 Å². The summed E-state index contributed by atoms with van der Waals surface area (Å²) >= 11 is 3.38. The van der Waals surface area contributed by atoms with E-state index in [0.29, 0.717) is 6.54 Å². The number of aliphatic hydroxyl groups excluding tert-OH is 1. The van der Waals surface area contributed by atoms with Crippen LogP contribution in [0.3, 0.4) is 0 Å². The van der Waals surface area contributed by atoms with Gasteiger partial charge in [-0.05, 0) is 18.2 Å². The average Bonchev–Trinajstić information content (AvgIpc) is 2.17. The van der Waals surface area contributed by atoms with Crippen LogP contribution in [0, 0.1) is 0 Å². The van der Waals surface area contributed by atoms with Crippen LogP contribution < -0.4 is 10.1 Å². The van der Waals surface area contributed by atoms with Gasteiger partial charge in [-0.25, -0.2) is 0 Å². The minimum atomic E-state index is -0.131. The minimum absolute atomic E-state index is 0. The van der Waals surface area contributed by atoms with Crippen molar-refractivity contribution in [3.05, 3.63) is 22.7 Å². The largest absolute Gasteiger partial charge is 0.484 e. The number of fused-ring (bicyclic) bond motifs is 1. The van der Waals surface area contributed by atoms with Crippen molar-refractivity contribution >= 4 is 34.0 Å². The average molecular weight is 281 g/mol. The highest BCUT2D eigenvalue weighted by Gasteiger charge is 2.17. The number of benzene rings is 1. The van der Waals surface area contributed by atoms with E-state index in [9.17, 15) is 0 Å². The number of aliphatic hydroxyl groups is 1. The lowest BCUT2D eigenvalue weighted by molar-refractivity contribution is 0.120. The first-order chi connectivity index (χ1) is 6.29. The molecule has 14 heavy (non-hydrogen) atoms. The highest BCUT2D eigenvalue weighted by Crippen LogP contribution is 2.31. The van der Waals surface area contributed by atoms with Crippen LogP contribution >= 0.6 is 28.3 Å². The fourth-order valence-corrected chi connectivity index (χ4v) is 1.65. The van der Waals surface area contributed by atoms with Crippen molar-refractivity contribution in [3.8, 4) is 5.75 Å². The van der Waals surface area contributed by atoms with Crippen molar-refractivity contribution in [1.82, 2.24) is 0 Å². The standard InChI is InChI=1S/C9H10BrNO2.ClH/c10-6-1-2-9-8(3-6)11-4-7(5-12)13-9;/h1-3,7,11-12H,4-5H2;1H. The highest BCUT2D eigenvalue weighted by molar-refractivity contribution is 9.10. The van der Waals surface area contributed by atoms with Crippen molar-refractivity contribution < 1.29 is 9.84 Å². The SMILES string of the molecule is Cl.OCC1CNc2cc(Br)ccc2O1. The van der Waals surface area contributed by atoms with Gasteiger partial charge in [-0.3, -0.25) is 0 Å². The molecule has 1 unspecified atom stereocenters. The molecule has 2 rings (SSSR count). The molecule has 0 bridgehead atoms. The van der Waals surface area contributed by atoms with Gasteiger partial charge in [0.15, 0.2) is 0 Å². The van der Waals surface area contributed by atoms with Gasteiger partial charge >= 0.3 is 0 Å². The Balaban J connectivity index is 0.000000980. The highest BCUT2D eigenvalue weighted by atomic mass is 79.9. The van der Waals surface area contributed by atoms with Gasteiger partial charge in [-0.15, -0.1) is 12.4 Å². The van der Waals surface area contributed by atoms with Gasteiger partial charge in [0.2, 0.25) is 0 Å². The van der Waals surface area contributed by atoms with E-state index in [1.54, 1.807) is 0 Å². The maximum absolute atomic E-state index is 8.90. The third-order valence-corrected chi connectivity index (χ3v) is 2.45. The Bertz CT molecular complexity index is 322. The van der Waals surface area contributed by atoms with Crippen molar-refractivity contribution in [1.29, 1.82) is 0 Å². The Morgan fingerprint density at radius 1 is 1.57 bits per heavy atom. The predicted molar refractivity (Wildman–Crippen MR) is 61.4 cm³/mol. The molecule has 0 saturated carbocycles. The first-order valence-electron chi connectivity index (χ1n) is 4.10. The van der Waals surface area contributed by atoms with Crippen LogP contribution in [-0.2, 0) is 0 Å². The number of rotatable bonds is 1. The monoisotopic (exact) mass is 279 g/mol. The summed E-state index contributed by atoms with van der Waals surface area (Å²) in [5, 5.41) is 12.1. The molecule has 0 fully saturated rings. The third kappa shape index (κ3) is 2.32. The lowest BCUT2D eigenvalue weighted by Gasteiger charge is -2.26. The Morgan fingerprint density at radius 3 is 3.07 bits per heavy atom. The van der Waals surface area contributed by atoms with Crippen molar-refractivity contribution in [2.24, 2.45) is 0 Å². The summed E-state index contributed by atoms with van der Waals surface area (Å²) in [6, 6.07) is 5.76. The maximum atomic E-state index is 8.90. The van der Waals surface area contributed by atoms with Gasteiger partial charge in [0.25, 0.3) is 0 Å². The number of hydrogen-bond acceptors (Lipinski definition) is 3. The van der Waals surface area contributed by atoms with E-state index in [1.807, 2.05) is 18.2 Å². The van der Waals surface area contributed by atoms with E-state index in [-0.39, 0.29) is 25.1 Å². The number of ether oxygens (including phenoxy) is 1. The Labute approximate surface area is 97.0 Å². The predicted octanol–water partition coefficient (Wildman–Crippen LogP) is 2.04. The molecule has 1 atom stereocenters. The van der Waals surface area contributed by atoms with Crippen LogP contribution in [0.15, 0.2) is 22.7 Å². The van der Waals surface area contributed by atoms with Crippen molar-refractivity contribution in [3.63, 3.8) is 0 Å². The minimum Gasteiger partial charge on any atom is -0.484 e. The Hall–Kier alpha value is -0.450. The molecule has 1 aliphatic rings. The Kier molecular flexibility index (Phi) is 4.04. The second-order valence-corrected chi connectivity index (χ2v) is 3.86. The molecule has 0 radical (unpaired) electrons. The van der Waals surface area contributed by atoms with E-state index >= 15 is 0 Å². The molecule has 5 heteroatoms. The fourth-order valence-electron chi connectivity index (χ4n) is 1.29. The summed E-state index contributed by atoms with van der Waals surface area (Å²) in [4.78, 5) is 0. The number of anilines is 1. The van der Waals surface area contributed by atoms with E-state index in [2.05, 4.69) is 21.2 Å². The normalized spacial score (nSPS) is 18.6. The second kappa shape index (κ2) is 4.87. The summed E-state index contributed by atoms with van der Waals surface area (Å²) in [7, 11) is 0. The molecule has 1 aliphatic heterocycles. The summed E-state index contributed by atoms with van der Waals surface area (Å²) in [5.41, 5.74) is 0.971. The summed E-state index contributed by atoms with van der Waals surface area (Å²) in [5.74, 6) is 0.800. The first-order valence-corrected chi connectivity index (χ1v) is 4.90. The molecule has 0 amide bonds. The van der Waals surface area contributed by atoms with Crippen LogP contribution in [0.1, 0.15) is 0 Å². The van der Waals surface area contributed by atoms with E-state index < -0.39 is 0 Å². The molecule has 0 spiro atoms. The molecular weight excluding hydrogens is 269 g/mol. The van der Waals surface area contributed by atoms with Gasteiger partial charge < -0.3 is 15.2 Å². The molecule has 0 saturated heterocycles. The summed E-state index contributed by atoms with van der Waals surface area (Å²) in [6.45, 7) is 0.697. The second-order valence-electron chi connectivity index (χ2n) is 2.94. The molecule has 78 valence electrons. The molecule has 1 heterocycles. The lowest BCUT2D eigenvalue weighted by Crippen LogP contribution is -2.33. The van der Waals surface area contributed by atoms with Crippen LogP contribution in [0.4, 0.5) is 5.69 Å². The number of hydrogen-bond donors (Lipinski definition) is 2. The van der Waals surface area contributed by atoms with Crippen LogP contribution in [-0.4, -0.2) is 24.4 Å². The molecule has 0 aromatic heterocycles. The van der Waals surface area contributed by atoms with Gasteiger partial charge in [-0.2, -0.15) is 0 Å². The molecule has 1 aromatic rings. The van der Waals surface area contributed by atoms with E-state index in [0.717, 1.165) is 15.9 Å². The van der Waals surface area contributed by atoms with E-state index in [1.165, 1.54) is 0 Å². The molecule has 0 aliphatic carbocycles. The maximum Gasteiger partial charge on any atom is 0.143 e. The van der Waals surface area contributed by atoms with Crippen molar-refractivity contribution in [2.45, 2.75) is 6.10 Å². The van der Waals surface area contributed by atoms with Crippen LogP contribution in [0.25, 0.3) is 0 Å². The zero-order valence-corrected chi connectivity index (χ0v) is 9.77. The van der Waals surface area contributed by atoms with Crippen molar-refractivity contribution in [2.75, 3.05) is 18.5 Å². The summed E-state index contributed by atoms with van der Waals surface area (Å²) in [6.07, 6.45) is -0.131. The molecule has 1 aromatic carbocycles.